The summed E-state index contributed by atoms with van der Waals surface area (Å²) in [5, 5.41) is 16.6. The molecule has 1 atom stereocenters. The number of halogens is 3. The molecule has 1 aliphatic rings. The Morgan fingerprint density at radius 2 is 2.04 bits per heavy atom. The second-order valence-corrected chi connectivity index (χ2v) is 6.36. The predicted octanol–water partition coefficient (Wildman–Crippen LogP) is 2.30. The average Bonchev–Trinajstić information content (AvgIpc) is 3.07. The lowest BCUT2D eigenvalue weighted by Crippen LogP contribution is -2.41. The Labute approximate surface area is 149 Å². The van der Waals surface area contributed by atoms with E-state index in [4.69, 9.17) is 4.52 Å². The van der Waals surface area contributed by atoms with Gasteiger partial charge in [-0.2, -0.15) is 18.2 Å². The van der Waals surface area contributed by atoms with Gasteiger partial charge in [0.2, 0.25) is 11.7 Å². The molecule has 1 aromatic carbocycles. The number of nitrogens with one attached hydrogen (secondary N) is 1. The first-order valence-corrected chi connectivity index (χ1v) is 8.53. The first-order chi connectivity index (χ1) is 12.4. The Morgan fingerprint density at radius 1 is 1.27 bits per heavy atom. The third kappa shape index (κ3) is 5.03. The van der Waals surface area contributed by atoms with Gasteiger partial charge in [0.25, 0.3) is 0 Å². The average molecular weight is 370 g/mol. The third-order valence-corrected chi connectivity index (χ3v) is 4.30. The number of hydrogen-bond acceptors (Lipinski definition) is 6. The van der Waals surface area contributed by atoms with Gasteiger partial charge in [-0.15, -0.1) is 0 Å². The lowest BCUT2D eigenvalue weighted by Gasteiger charge is -2.29. The third-order valence-electron chi connectivity index (χ3n) is 4.30. The molecule has 1 saturated heterocycles. The molecular weight excluding hydrogens is 349 g/mol. The molecule has 0 saturated carbocycles. The monoisotopic (exact) mass is 370 g/mol. The van der Waals surface area contributed by atoms with E-state index in [2.05, 4.69) is 20.4 Å². The van der Waals surface area contributed by atoms with E-state index in [0.717, 1.165) is 38.1 Å². The Kier molecular flexibility index (Phi) is 5.90. The van der Waals surface area contributed by atoms with Crippen molar-refractivity contribution in [2.75, 3.05) is 26.2 Å². The molecule has 142 valence electrons. The summed E-state index contributed by atoms with van der Waals surface area (Å²) in [6.45, 7) is 3.59. The number of rotatable bonds is 6. The van der Waals surface area contributed by atoms with Gasteiger partial charge in [-0.3, -0.25) is 4.90 Å². The molecule has 0 aliphatic carbocycles. The molecule has 9 heteroatoms. The second-order valence-electron chi connectivity index (χ2n) is 6.36. The minimum atomic E-state index is -4.37. The quantitative estimate of drug-likeness (QED) is 0.760. The van der Waals surface area contributed by atoms with Gasteiger partial charge < -0.3 is 14.9 Å². The van der Waals surface area contributed by atoms with Crippen molar-refractivity contribution in [3.8, 4) is 11.4 Å². The fraction of sp³-hybridized carbons (Fsp3) is 0.529. The van der Waals surface area contributed by atoms with Gasteiger partial charge >= 0.3 is 6.18 Å². The fourth-order valence-corrected chi connectivity index (χ4v) is 2.92. The fourth-order valence-electron chi connectivity index (χ4n) is 2.92. The molecule has 2 N–H and O–H groups in total. The Bertz CT molecular complexity index is 703. The highest BCUT2D eigenvalue weighted by molar-refractivity contribution is 5.54. The van der Waals surface area contributed by atoms with Gasteiger partial charge in [-0.25, -0.2) is 0 Å². The summed E-state index contributed by atoms with van der Waals surface area (Å²) in [5.41, 5.74) is -0.246. The molecule has 6 nitrogen and oxygen atoms in total. The molecule has 1 fully saturated rings. The van der Waals surface area contributed by atoms with Gasteiger partial charge in [0.1, 0.15) is 0 Å². The SMILES string of the molecule is O[C@H]1CCCN(CCNCc2nc(-c3ccc(C(F)(F)F)cc3)no2)C1. The van der Waals surface area contributed by atoms with Crippen molar-refractivity contribution >= 4 is 0 Å². The van der Waals surface area contributed by atoms with Crippen LogP contribution in [0.4, 0.5) is 13.2 Å². The van der Waals surface area contributed by atoms with Crippen molar-refractivity contribution in [3.05, 3.63) is 35.7 Å². The molecule has 3 rings (SSSR count). The van der Waals surface area contributed by atoms with E-state index < -0.39 is 11.7 Å². The minimum Gasteiger partial charge on any atom is -0.392 e. The zero-order valence-electron chi connectivity index (χ0n) is 14.2. The van der Waals surface area contributed by atoms with Crippen molar-refractivity contribution in [3.63, 3.8) is 0 Å². The molecule has 0 amide bonds. The number of β-amino-alcohol motifs (C(OH)–C–C–N with tert-alkyl or cyclic N) is 1. The highest BCUT2D eigenvalue weighted by atomic mass is 19.4. The topological polar surface area (TPSA) is 74.4 Å². The van der Waals surface area contributed by atoms with Crippen LogP contribution in [0.15, 0.2) is 28.8 Å². The molecule has 1 aliphatic heterocycles. The van der Waals surface area contributed by atoms with Crippen LogP contribution in [0.1, 0.15) is 24.3 Å². The smallest absolute Gasteiger partial charge is 0.392 e. The van der Waals surface area contributed by atoms with Crippen LogP contribution < -0.4 is 5.32 Å². The van der Waals surface area contributed by atoms with Crippen LogP contribution in [0.5, 0.6) is 0 Å². The van der Waals surface area contributed by atoms with Crippen LogP contribution in [-0.2, 0) is 12.7 Å². The highest BCUT2D eigenvalue weighted by Crippen LogP contribution is 2.30. The van der Waals surface area contributed by atoms with Gasteiger partial charge in [0, 0.05) is 25.2 Å². The van der Waals surface area contributed by atoms with Gasteiger partial charge in [-0.05, 0) is 31.5 Å². The summed E-state index contributed by atoms with van der Waals surface area (Å²) in [7, 11) is 0. The lowest BCUT2D eigenvalue weighted by atomic mass is 10.1. The van der Waals surface area contributed by atoms with E-state index in [9.17, 15) is 18.3 Å². The van der Waals surface area contributed by atoms with Gasteiger partial charge in [0.15, 0.2) is 0 Å². The van der Waals surface area contributed by atoms with Crippen molar-refractivity contribution in [2.24, 2.45) is 0 Å². The number of aromatic nitrogens is 2. The molecule has 0 bridgehead atoms. The zero-order valence-corrected chi connectivity index (χ0v) is 14.2. The number of hydrogen-bond donors (Lipinski definition) is 2. The van der Waals surface area contributed by atoms with E-state index in [-0.39, 0.29) is 11.9 Å². The maximum absolute atomic E-state index is 12.6. The van der Waals surface area contributed by atoms with E-state index in [0.29, 0.717) is 31.1 Å². The molecule has 2 aromatic rings. The molecule has 26 heavy (non-hydrogen) atoms. The molecule has 1 aromatic heterocycles. The van der Waals surface area contributed by atoms with Crippen molar-refractivity contribution in [1.29, 1.82) is 0 Å². The summed E-state index contributed by atoms with van der Waals surface area (Å²) in [6, 6.07) is 4.65. The largest absolute Gasteiger partial charge is 0.416 e. The zero-order chi connectivity index (χ0) is 18.6. The van der Waals surface area contributed by atoms with Gasteiger partial charge in [-0.1, -0.05) is 17.3 Å². The number of nitrogens with zero attached hydrogens (tertiary/aromatic N) is 3. The summed E-state index contributed by atoms with van der Waals surface area (Å²) >= 11 is 0. The van der Waals surface area contributed by atoms with E-state index in [1.54, 1.807) is 0 Å². The van der Waals surface area contributed by atoms with Crippen molar-refractivity contribution < 1.29 is 22.8 Å². The Morgan fingerprint density at radius 3 is 2.73 bits per heavy atom. The highest BCUT2D eigenvalue weighted by Gasteiger charge is 2.30. The summed E-state index contributed by atoms with van der Waals surface area (Å²) in [6.07, 6.45) is -2.75. The van der Waals surface area contributed by atoms with E-state index in [1.807, 2.05) is 0 Å². The van der Waals surface area contributed by atoms with Crippen LogP contribution in [0.25, 0.3) is 11.4 Å². The maximum Gasteiger partial charge on any atom is 0.416 e. The Balaban J connectivity index is 1.47. The summed E-state index contributed by atoms with van der Waals surface area (Å²) < 4.78 is 42.9. The summed E-state index contributed by atoms with van der Waals surface area (Å²) in [5.74, 6) is 0.633. The Hall–Kier alpha value is -1.97. The van der Waals surface area contributed by atoms with Crippen LogP contribution in [0, 0.1) is 0 Å². The van der Waals surface area contributed by atoms with Crippen LogP contribution in [0.2, 0.25) is 0 Å². The van der Waals surface area contributed by atoms with Crippen LogP contribution in [-0.4, -0.2) is 52.4 Å². The maximum atomic E-state index is 12.6. The molecule has 0 spiro atoms. The van der Waals surface area contributed by atoms with E-state index in [1.165, 1.54) is 12.1 Å². The predicted molar refractivity (Wildman–Crippen MR) is 88.1 cm³/mol. The molecule has 0 unspecified atom stereocenters. The number of likely N-dealkylation sites (tertiary alicyclic amines) is 1. The van der Waals surface area contributed by atoms with E-state index >= 15 is 0 Å². The van der Waals surface area contributed by atoms with Crippen molar-refractivity contribution in [1.82, 2.24) is 20.4 Å². The second kappa shape index (κ2) is 8.15. The number of piperidine rings is 1. The van der Waals surface area contributed by atoms with Crippen molar-refractivity contribution in [2.45, 2.75) is 31.7 Å². The first kappa shape index (κ1) is 18.8. The number of aliphatic hydroxyl groups excluding tert-OH is 1. The van der Waals surface area contributed by atoms with Crippen LogP contribution in [0.3, 0.4) is 0 Å². The minimum absolute atomic E-state index is 0.244. The molecule has 2 heterocycles. The standard InChI is InChI=1S/C17H21F3N4O2/c18-17(19,20)13-5-3-12(4-6-13)16-22-15(26-23-16)10-21-7-9-24-8-1-2-14(25)11-24/h3-6,14,21,25H,1-2,7-11H2/t14-/m0/s1. The number of benzene rings is 1. The number of alkyl halides is 3. The summed E-state index contributed by atoms with van der Waals surface area (Å²) in [4.78, 5) is 6.39. The molecular formula is C17H21F3N4O2. The van der Waals surface area contributed by atoms with Gasteiger partial charge in [0.05, 0.1) is 18.2 Å². The first-order valence-electron chi connectivity index (χ1n) is 8.53. The number of aliphatic hydroxyl groups is 1. The normalized spacial score (nSPS) is 19.0. The van der Waals surface area contributed by atoms with Crippen LogP contribution >= 0.6 is 0 Å². The molecule has 0 radical (unpaired) electrons. The lowest BCUT2D eigenvalue weighted by molar-refractivity contribution is -0.137.